The van der Waals surface area contributed by atoms with Crippen LogP contribution in [0.3, 0.4) is 0 Å². The van der Waals surface area contributed by atoms with Crippen LogP contribution in [-0.2, 0) is 0 Å². The van der Waals surface area contributed by atoms with Crippen molar-refractivity contribution in [3.05, 3.63) is 71.8 Å². The summed E-state index contributed by atoms with van der Waals surface area (Å²) in [6.07, 6.45) is 2.23. The van der Waals surface area contributed by atoms with E-state index in [9.17, 15) is 0 Å². The van der Waals surface area contributed by atoms with Gasteiger partial charge in [0.2, 0.25) is 0 Å². The Kier molecular flexibility index (Phi) is 3.02. The van der Waals surface area contributed by atoms with Crippen molar-refractivity contribution in [3.8, 4) is 0 Å². The second-order valence-corrected chi connectivity index (χ2v) is 7.66. The molecule has 1 aliphatic rings. The smallest absolute Gasteiger partial charge is 0.0904 e. The molecule has 0 fully saturated rings. The zero-order valence-corrected chi connectivity index (χ0v) is 13.1. The molecule has 1 unspecified atom stereocenters. The minimum atomic E-state index is -0.380. The van der Waals surface area contributed by atoms with Gasteiger partial charge in [-0.2, -0.15) is 0 Å². The van der Waals surface area contributed by atoms with E-state index in [-0.39, 0.29) is 9.70 Å². The van der Waals surface area contributed by atoms with Gasteiger partial charge in [-0.05, 0) is 55.4 Å². The Labute approximate surface area is 130 Å². The zero-order chi connectivity index (χ0) is 14.4. The van der Waals surface area contributed by atoms with Gasteiger partial charge in [0.05, 0.1) is 5.03 Å². The number of halogens is 1. The van der Waals surface area contributed by atoms with Crippen molar-refractivity contribution in [1.29, 1.82) is 0 Å². The first-order valence-corrected chi connectivity index (χ1v) is 8.93. The fourth-order valence-corrected chi connectivity index (χ4v) is 4.48. The molecule has 0 amide bonds. The third kappa shape index (κ3) is 1.98. The topological polar surface area (TPSA) is 15.8 Å². The summed E-state index contributed by atoms with van der Waals surface area (Å²) in [6, 6.07) is 18.9. The molecule has 1 N–H and O–H groups in total. The first-order chi connectivity index (χ1) is 10.3. The van der Waals surface area contributed by atoms with Crippen LogP contribution in [0.2, 0.25) is 0 Å². The Balaban J connectivity index is 2.09. The molecule has 0 saturated heterocycles. The van der Waals surface area contributed by atoms with Crippen LogP contribution < -0.4 is 0 Å². The standard InChI is InChI=1S/C18H14ClNS/c1-12-11-15(13-7-3-2-4-8-13)17-14-9-5-6-10-16(14)20-18(17)21(12)19/h2-11,20H,1H3. The summed E-state index contributed by atoms with van der Waals surface area (Å²) in [7, 11) is 6.26. The molecule has 3 aromatic rings. The molecule has 1 atom stereocenters. The maximum atomic E-state index is 6.64. The van der Waals surface area contributed by atoms with E-state index in [0.29, 0.717) is 0 Å². The number of fused-ring (bicyclic) bond motifs is 3. The number of allylic oxidation sites excluding steroid dienone is 1. The van der Waals surface area contributed by atoms with Crippen LogP contribution in [0.25, 0.3) is 16.5 Å². The number of hydrogen-bond acceptors (Lipinski definition) is 0. The van der Waals surface area contributed by atoms with Crippen molar-refractivity contribution in [2.24, 2.45) is 0 Å². The van der Waals surface area contributed by atoms with Gasteiger partial charge in [-0.15, -0.1) is 0 Å². The third-order valence-corrected chi connectivity index (χ3v) is 6.38. The van der Waals surface area contributed by atoms with Crippen LogP contribution in [0.5, 0.6) is 0 Å². The van der Waals surface area contributed by atoms with Crippen LogP contribution in [0.15, 0.2) is 65.7 Å². The van der Waals surface area contributed by atoms with Gasteiger partial charge in [0, 0.05) is 16.5 Å². The van der Waals surface area contributed by atoms with Crippen molar-refractivity contribution >= 4 is 41.7 Å². The van der Waals surface area contributed by atoms with Crippen LogP contribution in [0.1, 0.15) is 18.1 Å². The first-order valence-electron chi connectivity index (χ1n) is 6.88. The maximum Gasteiger partial charge on any atom is 0.0904 e. The van der Waals surface area contributed by atoms with E-state index in [1.165, 1.54) is 27.0 Å². The van der Waals surface area contributed by atoms with Crippen LogP contribution >= 0.6 is 20.4 Å². The van der Waals surface area contributed by atoms with Gasteiger partial charge in [0.1, 0.15) is 0 Å². The molecule has 0 aliphatic carbocycles. The highest BCUT2D eigenvalue weighted by Crippen LogP contribution is 2.46. The van der Waals surface area contributed by atoms with Crippen LogP contribution in [-0.4, -0.2) is 9.85 Å². The van der Waals surface area contributed by atoms with E-state index >= 15 is 0 Å². The molecule has 0 saturated carbocycles. The Morgan fingerprint density at radius 1 is 0.952 bits per heavy atom. The van der Waals surface area contributed by atoms with E-state index in [2.05, 4.69) is 66.5 Å². The number of hydrogen-bond donors (Lipinski definition) is 1. The predicted octanol–water partition coefficient (Wildman–Crippen LogP) is 5.59. The van der Waals surface area contributed by atoms with Crippen molar-refractivity contribution in [2.45, 2.75) is 11.9 Å². The summed E-state index contributed by atoms with van der Waals surface area (Å²) in [5.74, 6) is 0. The Hall–Kier alpha value is -1.77. The minimum Gasteiger partial charge on any atom is -0.349 e. The number of benzene rings is 2. The predicted molar refractivity (Wildman–Crippen MR) is 94.2 cm³/mol. The van der Waals surface area contributed by atoms with E-state index in [4.69, 9.17) is 10.7 Å². The van der Waals surface area contributed by atoms with Gasteiger partial charge in [-0.1, -0.05) is 48.5 Å². The summed E-state index contributed by atoms with van der Waals surface area (Å²) >= 11 is 0. The van der Waals surface area contributed by atoms with E-state index in [1.807, 2.05) is 6.07 Å². The highest BCUT2D eigenvalue weighted by atomic mass is 35.7. The summed E-state index contributed by atoms with van der Waals surface area (Å²) in [5.41, 5.74) is 4.89. The Bertz CT molecular complexity index is 903. The Morgan fingerprint density at radius 2 is 1.67 bits per heavy atom. The van der Waals surface area contributed by atoms with Gasteiger partial charge in [-0.3, -0.25) is 0 Å². The summed E-state index contributed by atoms with van der Waals surface area (Å²) in [6.45, 7) is 2.10. The fourth-order valence-electron chi connectivity index (χ4n) is 2.85. The Morgan fingerprint density at radius 3 is 2.48 bits per heavy atom. The molecule has 4 rings (SSSR count). The number of rotatable bonds is 1. The lowest BCUT2D eigenvalue weighted by Gasteiger charge is -2.17. The maximum absolute atomic E-state index is 6.64. The molecule has 1 aliphatic heterocycles. The normalized spacial score (nSPS) is 17.7. The lowest BCUT2D eigenvalue weighted by Crippen LogP contribution is -1.99. The molecule has 21 heavy (non-hydrogen) atoms. The molecule has 2 aromatic carbocycles. The molecule has 2 heterocycles. The first kappa shape index (κ1) is 12.9. The quantitative estimate of drug-likeness (QED) is 0.564. The second-order valence-electron chi connectivity index (χ2n) is 5.17. The van der Waals surface area contributed by atoms with Gasteiger partial charge in [0.15, 0.2) is 0 Å². The van der Waals surface area contributed by atoms with Gasteiger partial charge < -0.3 is 4.98 Å². The van der Waals surface area contributed by atoms with Crippen LogP contribution in [0.4, 0.5) is 0 Å². The van der Waals surface area contributed by atoms with Gasteiger partial charge in [0.25, 0.3) is 0 Å². The molecule has 104 valence electrons. The molecule has 0 bridgehead atoms. The fraction of sp³-hybridized carbons (Fsp3) is 0.0556. The number of para-hydroxylation sites is 1. The average Bonchev–Trinajstić information content (AvgIpc) is 2.91. The SMILES string of the molecule is CC1=S(Cl)c2[nH]c3ccccc3c2C(c2ccccc2)=C1. The summed E-state index contributed by atoms with van der Waals surface area (Å²) < 4.78 is 0. The van der Waals surface area contributed by atoms with Crippen molar-refractivity contribution < 1.29 is 0 Å². The zero-order valence-electron chi connectivity index (χ0n) is 11.6. The number of H-pyrrole nitrogens is 1. The summed E-state index contributed by atoms with van der Waals surface area (Å²) in [4.78, 5) is 4.72. The highest BCUT2D eigenvalue weighted by Gasteiger charge is 2.22. The molecule has 1 aromatic heterocycles. The van der Waals surface area contributed by atoms with Crippen molar-refractivity contribution in [1.82, 2.24) is 4.98 Å². The van der Waals surface area contributed by atoms with Gasteiger partial charge >= 0.3 is 0 Å². The number of aromatic amines is 1. The van der Waals surface area contributed by atoms with Gasteiger partial charge in [-0.25, -0.2) is 0 Å². The number of aromatic nitrogens is 1. The highest BCUT2D eigenvalue weighted by molar-refractivity contribution is 8.35. The van der Waals surface area contributed by atoms with Crippen LogP contribution in [0, 0.1) is 0 Å². The summed E-state index contributed by atoms with van der Waals surface area (Å²) in [5, 5.41) is 2.38. The lowest BCUT2D eigenvalue weighted by molar-refractivity contribution is 1.22. The van der Waals surface area contributed by atoms with E-state index in [1.54, 1.807) is 0 Å². The largest absolute Gasteiger partial charge is 0.349 e. The molecular weight excluding hydrogens is 298 g/mol. The van der Waals surface area contributed by atoms with E-state index in [0.717, 1.165) is 10.5 Å². The third-order valence-electron chi connectivity index (χ3n) is 3.84. The molecular formula is C18H14ClNS. The molecule has 1 nitrogen and oxygen atoms in total. The van der Waals surface area contributed by atoms with Crippen molar-refractivity contribution in [2.75, 3.05) is 0 Å². The van der Waals surface area contributed by atoms with E-state index < -0.39 is 0 Å². The van der Waals surface area contributed by atoms with Crippen molar-refractivity contribution in [3.63, 3.8) is 0 Å². The number of nitrogens with one attached hydrogen (secondary N) is 1. The minimum absolute atomic E-state index is 0.380. The molecule has 0 spiro atoms. The molecule has 3 heteroatoms. The monoisotopic (exact) mass is 311 g/mol. The average molecular weight is 312 g/mol. The molecule has 0 radical (unpaired) electrons. The lowest BCUT2D eigenvalue weighted by atomic mass is 9.96. The second kappa shape index (κ2) is 4.90.